The lowest BCUT2D eigenvalue weighted by Gasteiger charge is -2.21. The van der Waals surface area contributed by atoms with Crippen molar-refractivity contribution in [2.45, 2.75) is 45.8 Å². The van der Waals surface area contributed by atoms with Gasteiger partial charge in [0, 0.05) is 11.1 Å². The molecule has 1 N–H and O–H groups in total. The zero-order chi connectivity index (χ0) is 14.8. The maximum atomic E-state index is 11.1. The van der Waals surface area contributed by atoms with E-state index >= 15 is 0 Å². The molecule has 0 fully saturated rings. The van der Waals surface area contributed by atoms with Crippen LogP contribution in [-0.2, 0) is 5.41 Å². The Balaban J connectivity index is 3.44. The van der Waals surface area contributed by atoms with Crippen molar-refractivity contribution in [3.05, 3.63) is 28.8 Å². The Morgan fingerprint density at radius 3 is 2.21 bits per heavy atom. The van der Waals surface area contributed by atoms with Gasteiger partial charge in [-0.15, -0.1) is 5.54 Å². The van der Waals surface area contributed by atoms with Gasteiger partial charge in [0.25, 0.3) is 0 Å². The summed E-state index contributed by atoms with van der Waals surface area (Å²) in [7, 11) is -1.46. The van der Waals surface area contributed by atoms with E-state index in [0.717, 1.165) is 11.1 Å². The monoisotopic (exact) mass is 274 g/mol. The van der Waals surface area contributed by atoms with Gasteiger partial charge < -0.3 is 5.11 Å². The van der Waals surface area contributed by atoms with Crippen LogP contribution in [0.15, 0.2) is 12.1 Å². The minimum atomic E-state index is -1.46. The van der Waals surface area contributed by atoms with E-state index in [1.165, 1.54) is 0 Å². The molecule has 1 rings (SSSR count). The van der Waals surface area contributed by atoms with Gasteiger partial charge in [0.1, 0.15) is 13.8 Å². The maximum Gasteiger partial charge on any atom is 0.153 e. The van der Waals surface area contributed by atoms with Gasteiger partial charge in [0.2, 0.25) is 0 Å². The predicted molar refractivity (Wildman–Crippen MR) is 82.4 cm³/mol. The van der Waals surface area contributed by atoms with Crippen molar-refractivity contribution in [1.82, 2.24) is 0 Å². The number of benzene rings is 1. The molecule has 2 nitrogen and oxygen atoms in total. The largest absolute Gasteiger partial charge is 0.507 e. The molecule has 0 aliphatic rings. The molecule has 0 saturated carbocycles. The summed E-state index contributed by atoms with van der Waals surface area (Å²) in [6, 6.07) is 3.54. The van der Waals surface area contributed by atoms with Gasteiger partial charge in [-0.1, -0.05) is 46.3 Å². The second kappa shape index (κ2) is 5.22. The fraction of sp³-hybridized carbons (Fsp3) is 0.438. The number of phenols is 1. The Morgan fingerprint density at radius 2 is 1.79 bits per heavy atom. The van der Waals surface area contributed by atoms with Crippen LogP contribution in [-0.4, -0.2) is 19.5 Å². The average Bonchev–Trinajstić information content (AvgIpc) is 2.25. The summed E-state index contributed by atoms with van der Waals surface area (Å²) in [5.74, 6) is 3.21. The Hall–Kier alpha value is -1.53. The summed E-state index contributed by atoms with van der Waals surface area (Å²) >= 11 is 0. The second-order valence-corrected chi connectivity index (χ2v) is 11.6. The molecule has 0 saturated heterocycles. The molecular weight excluding hydrogens is 252 g/mol. The number of carbonyl (C=O) groups excluding carboxylic acids is 1. The first-order valence-electron chi connectivity index (χ1n) is 6.40. The molecular formula is C16H22O2Si. The van der Waals surface area contributed by atoms with Gasteiger partial charge in [-0.2, -0.15) is 0 Å². The Kier molecular flexibility index (Phi) is 4.27. The molecule has 0 atom stereocenters. The molecule has 0 heterocycles. The quantitative estimate of drug-likeness (QED) is 0.481. The van der Waals surface area contributed by atoms with Crippen LogP contribution < -0.4 is 0 Å². The first kappa shape index (κ1) is 15.5. The van der Waals surface area contributed by atoms with Crippen LogP contribution in [0.25, 0.3) is 0 Å². The van der Waals surface area contributed by atoms with Crippen molar-refractivity contribution in [1.29, 1.82) is 0 Å². The van der Waals surface area contributed by atoms with Gasteiger partial charge in [-0.3, -0.25) is 4.79 Å². The summed E-state index contributed by atoms with van der Waals surface area (Å²) in [6.45, 7) is 12.5. The first-order chi connectivity index (χ1) is 8.54. The molecule has 0 amide bonds. The number of hydrogen-bond donors (Lipinski definition) is 1. The van der Waals surface area contributed by atoms with E-state index in [0.29, 0.717) is 11.8 Å². The third-order valence-electron chi connectivity index (χ3n) is 2.66. The standard InChI is InChI=1S/C16H22O2Si/c1-16(2,3)14-10-12(7-8-19(4,5)6)9-13(11-17)15(14)18/h9-11,18H,1-6H3. The zero-order valence-electron chi connectivity index (χ0n) is 12.6. The fourth-order valence-electron chi connectivity index (χ4n) is 1.65. The van der Waals surface area contributed by atoms with E-state index in [9.17, 15) is 9.90 Å². The van der Waals surface area contributed by atoms with Crippen LogP contribution in [0.2, 0.25) is 19.6 Å². The lowest BCUT2D eigenvalue weighted by atomic mass is 9.84. The van der Waals surface area contributed by atoms with E-state index in [4.69, 9.17) is 0 Å². The molecule has 0 aliphatic heterocycles. The van der Waals surface area contributed by atoms with E-state index in [2.05, 4.69) is 31.1 Å². The second-order valence-electron chi connectivity index (χ2n) is 6.83. The lowest BCUT2D eigenvalue weighted by Crippen LogP contribution is -2.16. The third-order valence-corrected chi connectivity index (χ3v) is 3.53. The highest BCUT2D eigenvalue weighted by atomic mass is 28.3. The smallest absolute Gasteiger partial charge is 0.153 e. The van der Waals surface area contributed by atoms with E-state index in [1.54, 1.807) is 6.07 Å². The van der Waals surface area contributed by atoms with Crippen molar-refractivity contribution < 1.29 is 9.90 Å². The molecule has 1 aromatic carbocycles. The van der Waals surface area contributed by atoms with Crippen LogP contribution in [0.1, 0.15) is 42.3 Å². The molecule has 1 aromatic rings. The summed E-state index contributed by atoms with van der Waals surface area (Å²) in [6.07, 6.45) is 0.685. The Labute approximate surface area is 116 Å². The van der Waals surface area contributed by atoms with Gasteiger partial charge in [-0.25, -0.2) is 0 Å². The summed E-state index contributed by atoms with van der Waals surface area (Å²) in [5, 5.41) is 10.1. The molecule has 0 radical (unpaired) electrons. The van der Waals surface area contributed by atoms with Crippen molar-refractivity contribution >= 4 is 14.4 Å². The average molecular weight is 274 g/mol. The molecule has 3 heteroatoms. The molecule has 0 aliphatic carbocycles. The Bertz CT molecular complexity index is 549. The first-order valence-corrected chi connectivity index (χ1v) is 9.90. The minimum absolute atomic E-state index is 0.0704. The Morgan fingerprint density at radius 1 is 1.21 bits per heavy atom. The van der Waals surface area contributed by atoms with E-state index in [1.807, 2.05) is 26.8 Å². The zero-order valence-corrected chi connectivity index (χ0v) is 13.6. The van der Waals surface area contributed by atoms with Crippen LogP contribution in [0.3, 0.4) is 0 Å². The lowest BCUT2D eigenvalue weighted by molar-refractivity contribution is 0.112. The highest BCUT2D eigenvalue weighted by Crippen LogP contribution is 2.33. The topological polar surface area (TPSA) is 37.3 Å². The fourth-order valence-corrected chi connectivity index (χ4v) is 2.17. The van der Waals surface area contributed by atoms with Gasteiger partial charge in [0.05, 0.1) is 5.56 Å². The summed E-state index contributed by atoms with van der Waals surface area (Å²) < 4.78 is 0. The summed E-state index contributed by atoms with van der Waals surface area (Å²) in [4.78, 5) is 11.1. The molecule has 19 heavy (non-hydrogen) atoms. The number of aromatic hydroxyl groups is 1. The molecule has 0 spiro atoms. The maximum absolute atomic E-state index is 11.1. The van der Waals surface area contributed by atoms with Crippen molar-refractivity contribution in [2.75, 3.05) is 0 Å². The molecule has 102 valence electrons. The van der Waals surface area contributed by atoms with Crippen LogP contribution in [0.5, 0.6) is 5.75 Å². The third kappa shape index (κ3) is 4.25. The van der Waals surface area contributed by atoms with E-state index in [-0.39, 0.29) is 11.2 Å². The van der Waals surface area contributed by atoms with Crippen LogP contribution in [0, 0.1) is 11.5 Å². The number of carbonyl (C=O) groups is 1. The summed E-state index contributed by atoms with van der Waals surface area (Å²) in [5.41, 5.74) is 4.93. The highest BCUT2D eigenvalue weighted by molar-refractivity contribution is 6.83. The van der Waals surface area contributed by atoms with Crippen LogP contribution in [0.4, 0.5) is 0 Å². The number of rotatable bonds is 1. The normalized spacial score (nSPS) is 11.7. The van der Waals surface area contributed by atoms with Gasteiger partial charge >= 0.3 is 0 Å². The van der Waals surface area contributed by atoms with Crippen molar-refractivity contribution in [2.24, 2.45) is 0 Å². The minimum Gasteiger partial charge on any atom is -0.507 e. The van der Waals surface area contributed by atoms with E-state index < -0.39 is 8.07 Å². The highest BCUT2D eigenvalue weighted by Gasteiger charge is 2.21. The number of hydrogen-bond acceptors (Lipinski definition) is 2. The van der Waals surface area contributed by atoms with Crippen molar-refractivity contribution in [3.63, 3.8) is 0 Å². The van der Waals surface area contributed by atoms with Gasteiger partial charge in [0.15, 0.2) is 6.29 Å². The van der Waals surface area contributed by atoms with Crippen molar-refractivity contribution in [3.8, 4) is 17.2 Å². The SMILES string of the molecule is CC(C)(C)c1cc(C#C[Si](C)(C)C)cc(C=O)c1O. The number of phenolic OH excluding ortho intramolecular Hbond substituents is 1. The van der Waals surface area contributed by atoms with Crippen LogP contribution >= 0.6 is 0 Å². The molecule has 0 bridgehead atoms. The van der Waals surface area contributed by atoms with Gasteiger partial charge in [-0.05, 0) is 17.5 Å². The predicted octanol–water partition coefficient (Wildman–Crippen LogP) is 3.73. The molecule has 0 unspecified atom stereocenters. The number of aldehydes is 1. The molecule has 0 aromatic heterocycles.